The lowest BCUT2D eigenvalue weighted by Crippen LogP contribution is -2.21. The van der Waals surface area contributed by atoms with Crippen molar-refractivity contribution in [2.75, 3.05) is 5.73 Å². The first-order chi connectivity index (χ1) is 8.58. The van der Waals surface area contributed by atoms with Crippen molar-refractivity contribution in [2.24, 2.45) is 0 Å². The fourth-order valence-corrected chi connectivity index (χ4v) is 3.07. The Kier molecular flexibility index (Phi) is 4.50. The summed E-state index contributed by atoms with van der Waals surface area (Å²) in [5.41, 5.74) is 4.03. The van der Waals surface area contributed by atoms with E-state index in [1.807, 2.05) is 0 Å². The summed E-state index contributed by atoms with van der Waals surface area (Å²) in [6.07, 6.45) is -4.26. The Morgan fingerprint density at radius 1 is 1.32 bits per heavy atom. The smallest absolute Gasteiger partial charge is 0.399 e. The summed E-state index contributed by atoms with van der Waals surface area (Å²) in [6.45, 7) is 3.16. The Morgan fingerprint density at radius 2 is 1.89 bits per heavy atom. The van der Waals surface area contributed by atoms with Crippen LogP contribution in [-0.4, -0.2) is 13.7 Å². The SMILES string of the molecule is CCC(C)S(=O)(=O)Cc1ccc(N)cc1C(F)(F)F. The Labute approximate surface area is 110 Å². The van der Waals surface area contributed by atoms with Crippen molar-refractivity contribution in [2.45, 2.75) is 37.4 Å². The molecule has 0 saturated carbocycles. The highest BCUT2D eigenvalue weighted by molar-refractivity contribution is 7.91. The lowest BCUT2D eigenvalue weighted by molar-refractivity contribution is -0.138. The fourth-order valence-electron chi connectivity index (χ4n) is 1.60. The first-order valence-corrected chi connectivity index (χ1v) is 7.46. The van der Waals surface area contributed by atoms with Gasteiger partial charge in [-0.1, -0.05) is 13.0 Å². The van der Waals surface area contributed by atoms with Gasteiger partial charge in [0.25, 0.3) is 0 Å². The number of halogens is 3. The van der Waals surface area contributed by atoms with Gasteiger partial charge in [-0.15, -0.1) is 0 Å². The Morgan fingerprint density at radius 3 is 2.37 bits per heavy atom. The van der Waals surface area contributed by atoms with Gasteiger partial charge in [-0.3, -0.25) is 0 Å². The number of nitrogen functional groups attached to an aromatic ring is 1. The molecule has 1 rings (SSSR count). The molecule has 0 aliphatic rings. The molecule has 0 saturated heterocycles. The molecule has 0 heterocycles. The minimum absolute atomic E-state index is 0.0444. The van der Waals surface area contributed by atoms with Crippen LogP contribution < -0.4 is 5.73 Å². The summed E-state index contributed by atoms with van der Waals surface area (Å²) in [7, 11) is -3.60. The van der Waals surface area contributed by atoms with Gasteiger partial charge in [-0.2, -0.15) is 13.2 Å². The van der Waals surface area contributed by atoms with E-state index in [-0.39, 0.29) is 11.3 Å². The second-order valence-electron chi connectivity index (χ2n) is 4.44. The van der Waals surface area contributed by atoms with Crippen LogP contribution in [0, 0.1) is 0 Å². The molecule has 3 nitrogen and oxygen atoms in total. The minimum atomic E-state index is -4.62. The van der Waals surface area contributed by atoms with Crippen molar-refractivity contribution >= 4 is 15.5 Å². The van der Waals surface area contributed by atoms with Gasteiger partial charge >= 0.3 is 6.18 Å². The van der Waals surface area contributed by atoms with E-state index < -0.39 is 32.6 Å². The number of benzene rings is 1. The summed E-state index contributed by atoms with van der Waals surface area (Å²) in [6, 6.07) is 3.16. The van der Waals surface area contributed by atoms with Crippen LogP contribution in [0.5, 0.6) is 0 Å². The molecule has 108 valence electrons. The molecule has 0 aromatic heterocycles. The monoisotopic (exact) mass is 295 g/mol. The number of rotatable bonds is 4. The number of hydrogen-bond acceptors (Lipinski definition) is 3. The Balaban J connectivity index is 3.23. The van der Waals surface area contributed by atoms with Crippen LogP contribution in [0.25, 0.3) is 0 Å². The average molecular weight is 295 g/mol. The summed E-state index contributed by atoms with van der Waals surface area (Å²) < 4.78 is 62.3. The molecule has 1 unspecified atom stereocenters. The zero-order chi connectivity index (χ0) is 14.8. The van der Waals surface area contributed by atoms with E-state index in [1.165, 1.54) is 13.0 Å². The number of alkyl halides is 3. The molecule has 7 heteroatoms. The van der Waals surface area contributed by atoms with Gasteiger partial charge in [-0.25, -0.2) is 8.42 Å². The largest absolute Gasteiger partial charge is 0.416 e. The first kappa shape index (κ1) is 15.8. The van der Waals surface area contributed by atoms with E-state index in [2.05, 4.69) is 0 Å². The number of anilines is 1. The number of sulfone groups is 1. The summed E-state index contributed by atoms with van der Waals surface area (Å²) >= 11 is 0. The molecule has 1 aromatic rings. The normalized spacial score (nSPS) is 14.4. The molecule has 19 heavy (non-hydrogen) atoms. The van der Waals surface area contributed by atoms with Crippen LogP contribution >= 0.6 is 0 Å². The van der Waals surface area contributed by atoms with Crippen molar-refractivity contribution < 1.29 is 21.6 Å². The van der Waals surface area contributed by atoms with Crippen molar-refractivity contribution in [3.63, 3.8) is 0 Å². The molecular formula is C12H16F3NO2S. The van der Waals surface area contributed by atoms with Gasteiger partial charge in [0.05, 0.1) is 16.6 Å². The van der Waals surface area contributed by atoms with Crippen LogP contribution in [0.4, 0.5) is 18.9 Å². The highest BCUT2D eigenvalue weighted by Gasteiger charge is 2.35. The number of nitrogens with two attached hydrogens (primary N) is 1. The summed E-state index contributed by atoms with van der Waals surface area (Å²) in [4.78, 5) is 0. The molecule has 0 fully saturated rings. The molecule has 0 aliphatic carbocycles. The van der Waals surface area contributed by atoms with E-state index >= 15 is 0 Å². The maximum Gasteiger partial charge on any atom is 0.416 e. The zero-order valence-electron chi connectivity index (χ0n) is 10.7. The predicted octanol–water partition coefficient (Wildman–Crippen LogP) is 3.00. The lowest BCUT2D eigenvalue weighted by atomic mass is 10.1. The summed E-state index contributed by atoms with van der Waals surface area (Å²) in [5, 5.41) is -0.675. The summed E-state index contributed by atoms with van der Waals surface area (Å²) in [5.74, 6) is -0.628. The molecule has 1 aromatic carbocycles. The third kappa shape index (κ3) is 3.86. The van der Waals surface area contributed by atoms with Crippen molar-refractivity contribution in [3.05, 3.63) is 29.3 Å². The first-order valence-electron chi connectivity index (χ1n) is 5.75. The standard InChI is InChI=1S/C12H16F3NO2S/c1-3-8(2)19(17,18)7-9-4-5-10(16)6-11(9)12(13,14)15/h4-6,8H,3,7,16H2,1-2H3. The van der Waals surface area contributed by atoms with Crippen LogP contribution in [0.15, 0.2) is 18.2 Å². The maximum absolute atomic E-state index is 12.8. The zero-order valence-corrected chi connectivity index (χ0v) is 11.5. The molecule has 1 atom stereocenters. The van der Waals surface area contributed by atoms with Crippen LogP contribution in [0.3, 0.4) is 0 Å². The molecule has 0 aliphatic heterocycles. The van der Waals surface area contributed by atoms with Crippen LogP contribution in [0.2, 0.25) is 0 Å². The Bertz CT molecular complexity index is 553. The maximum atomic E-state index is 12.8. The Hall–Kier alpha value is -1.24. The van der Waals surface area contributed by atoms with Gasteiger partial charge in [0.2, 0.25) is 0 Å². The third-order valence-electron chi connectivity index (χ3n) is 2.98. The van der Waals surface area contributed by atoms with Gasteiger partial charge < -0.3 is 5.73 Å². The molecule has 0 amide bonds. The van der Waals surface area contributed by atoms with Gasteiger partial charge in [0, 0.05) is 5.69 Å². The van der Waals surface area contributed by atoms with Gasteiger partial charge in [0.15, 0.2) is 9.84 Å². The molecule has 2 N–H and O–H groups in total. The second kappa shape index (κ2) is 5.40. The van der Waals surface area contributed by atoms with Crippen molar-refractivity contribution in [1.29, 1.82) is 0 Å². The lowest BCUT2D eigenvalue weighted by Gasteiger charge is -2.16. The van der Waals surface area contributed by atoms with Gasteiger partial charge in [-0.05, 0) is 31.0 Å². The fraction of sp³-hybridized carbons (Fsp3) is 0.500. The number of hydrogen-bond donors (Lipinski definition) is 1. The minimum Gasteiger partial charge on any atom is -0.399 e. The highest BCUT2D eigenvalue weighted by atomic mass is 32.2. The topological polar surface area (TPSA) is 60.2 Å². The van der Waals surface area contributed by atoms with E-state index in [1.54, 1.807) is 6.92 Å². The molecule has 0 spiro atoms. The third-order valence-corrected chi connectivity index (χ3v) is 5.26. The van der Waals surface area contributed by atoms with E-state index in [4.69, 9.17) is 5.73 Å². The second-order valence-corrected chi connectivity index (χ2v) is 6.86. The predicted molar refractivity (Wildman–Crippen MR) is 68.2 cm³/mol. The van der Waals surface area contributed by atoms with E-state index in [9.17, 15) is 21.6 Å². The van der Waals surface area contributed by atoms with E-state index in [0.717, 1.165) is 12.1 Å². The van der Waals surface area contributed by atoms with Crippen LogP contribution in [0.1, 0.15) is 31.4 Å². The molecule has 0 radical (unpaired) electrons. The average Bonchev–Trinajstić information content (AvgIpc) is 2.28. The quantitative estimate of drug-likeness (QED) is 0.869. The van der Waals surface area contributed by atoms with E-state index in [0.29, 0.717) is 6.42 Å². The molecular weight excluding hydrogens is 279 g/mol. The highest BCUT2D eigenvalue weighted by Crippen LogP contribution is 2.34. The van der Waals surface area contributed by atoms with Gasteiger partial charge in [0.1, 0.15) is 0 Å². The molecule has 0 bridgehead atoms. The van der Waals surface area contributed by atoms with Crippen LogP contribution in [-0.2, 0) is 21.8 Å². The van der Waals surface area contributed by atoms with Crippen molar-refractivity contribution in [3.8, 4) is 0 Å². The van der Waals surface area contributed by atoms with Crippen molar-refractivity contribution in [1.82, 2.24) is 0 Å².